The van der Waals surface area contributed by atoms with E-state index in [-0.39, 0.29) is 84.1 Å². The van der Waals surface area contributed by atoms with Gasteiger partial charge in [-0.1, -0.05) is 41.0 Å². The van der Waals surface area contributed by atoms with E-state index in [0.717, 1.165) is 37.5 Å². The number of esters is 1. The van der Waals surface area contributed by atoms with Crippen LogP contribution in [-0.2, 0) is 34.6 Å². The Kier molecular flexibility index (Phi) is 26.9. The number of carbonyl (C=O) groups excluding carboxylic acids is 2. The van der Waals surface area contributed by atoms with Crippen LogP contribution in [0.1, 0.15) is 92.4 Å². The van der Waals surface area contributed by atoms with Gasteiger partial charge in [0.15, 0.2) is 26.8 Å². The van der Waals surface area contributed by atoms with Gasteiger partial charge in [-0.3, -0.25) is 9.59 Å². The van der Waals surface area contributed by atoms with Crippen molar-refractivity contribution in [2.75, 3.05) is 32.8 Å². The van der Waals surface area contributed by atoms with Gasteiger partial charge in [0, 0.05) is 12.8 Å². The molecule has 4 aliphatic carbocycles. The zero-order valence-electron chi connectivity index (χ0n) is 28.3. The molecule has 1 N–H and O–H groups in total. The van der Waals surface area contributed by atoms with Crippen LogP contribution in [0.25, 0.3) is 0 Å². The van der Waals surface area contributed by atoms with Crippen molar-refractivity contribution >= 4 is 43.0 Å². The molecule has 4 rings (SSSR count). The summed E-state index contributed by atoms with van der Waals surface area (Å²) in [5, 5.41) is -1.64. The molecule has 0 spiro atoms. The van der Waals surface area contributed by atoms with E-state index in [9.17, 15) is 53.1 Å². The molecule has 0 aromatic heterocycles. The van der Waals surface area contributed by atoms with E-state index in [4.69, 9.17) is 16.7 Å². The van der Waals surface area contributed by atoms with Crippen molar-refractivity contribution in [3.8, 4) is 0 Å². The minimum absolute atomic E-state index is 0. The van der Waals surface area contributed by atoms with Crippen molar-refractivity contribution < 1.29 is 122 Å². The van der Waals surface area contributed by atoms with Crippen LogP contribution in [0.4, 0.5) is 17.6 Å². The number of halogens is 5. The molecule has 0 amide bonds. The van der Waals surface area contributed by atoms with E-state index < -0.39 is 49.9 Å². The van der Waals surface area contributed by atoms with Crippen LogP contribution in [-0.4, -0.2) is 90.5 Å². The number of aliphatic hydroxyl groups is 1. The van der Waals surface area contributed by atoms with Crippen LogP contribution >= 0.6 is 11.6 Å². The predicted octanol–water partition coefficient (Wildman–Crippen LogP) is -0.819. The van der Waals surface area contributed by atoms with Gasteiger partial charge in [-0.25, -0.2) is 16.8 Å². The van der Waals surface area contributed by atoms with Gasteiger partial charge in [0.25, 0.3) is 0 Å². The number of nitrogens with zero attached hydrogens (tertiary/aromatic N) is 1. The molecule has 4 bridgehead atoms. The summed E-state index contributed by atoms with van der Waals surface area (Å²) in [6, 6.07) is 0. The Morgan fingerprint density at radius 1 is 0.776 bits per heavy atom. The molecule has 0 heterocycles. The molecule has 4 aliphatic rings. The third-order valence-corrected chi connectivity index (χ3v) is 11.1. The molecule has 4 saturated carbocycles. The second-order valence-corrected chi connectivity index (χ2v) is 15.7. The fourth-order valence-electron chi connectivity index (χ4n) is 6.72. The first-order chi connectivity index (χ1) is 21.1. The van der Waals surface area contributed by atoms with E-state index in [0.29, 0.717) is 24.2 Å². The van der Waals surface area contributed by atoms with Crippen LogP contribution in [0.15, 0.2) is 0 Å². The molecule has 49 heavy (non-hydrogen) atoms. The van der Waals surface area contributed by atoms with Crippen molar-refractivity contribution in [2.45, 2.75) is 103 Å². The van der Waals surface area contributed by atoms with Crippen LogP contribution in [0, 0.1) is 35.5 Å². The number of fused-ring (bicyclic) bond motifs is 4. The molecule has 0 aromatic carbocycles. The number of ether oxygens (including phenoxy) is 1. The summed E-state index contributed by atoms with van der Waals surface area (Å²) in [7, 11) is -11.5. The SMILES string of the molecule is C.CCN(CC)CC.O=C(CC1CC2CCC1C2)OCC(F)(F)S(=O)(=O)[O-].O=C(Cl)CC1CC2CCC1C2.O=S(=O)([O-])C(F)(F)CO.[Na+].[Na+]. The summed E-state index contributed by atoms with van der Waals surface area (Å²) in [6.45, 7) is 6.46. The summed E-state index contributed by atoms with van der Waals surface area (Å²) < 4.78 is 112. The Morgan fingerprint density at radius 3 is 1.39 bits per heavy atom. The third-order valence-electron chi connectivity index (χ3n) is 9.28. The molecule has 0 radical (unpaired) electrons. The quantitative estimate of drug-likeness (QED) is 0.0858. The molecule has 6 atom stereocenters. The average Bonchev–Trinajstić information content (AvgIpc) is 3.76. The van der Waals surface area contributed by atoms with Crippen LogP contribution in [0.5, 0.6) is 0 Å². The van der Waals surface area contributed by atoms with E-state index in [1.54, 1.807) is 0 Å². The number of hydrogen-bond donors (Lipinski definition) is 1. The predicted molar refractivity (Wildman–Crippen MR) is 165 cm³/mol. The molecule has 4 fully saturated rings. The zero-order valence-corrected chi connectivity index (χ0v) is 34.7. The molecule has 6 unspecified atom stereocenters. The Balaban J connectivity index is -0.000000610. The summed E-state index contributed by atoms with van der Waals surface area (Å²) >= 11 is 5.36. The Bertz CT molecular complexity index is 1200. The van der Waals surface area contributed by atoms with Crippen LogP contribution in [0.2, 0.25) is 0 Å². The van der Waals surface area contributed by atoms with Gasteiger partial charge < -0.3 is 23.8 Å². The summed E-state index contributed by atoms with van der Waals surface area (Å²) in [4.78, 5) is 24.4. The molecule has 280 valence electrons. The van der Waals surface area contributed by atoms with Gasteiger partial charge in [-0.05, 0) is 105 Å². The Labute approximate surface area is 338 Å². The zero-order chi connectivity index (χ0) is 35.5. The van der Waals surface area contributed by atoms with Crippen LogP contribution in [0.3, 0.4) is 0 Å². The largest absolute Gasteiger partial charge is 1.00 e. The van der Waals surface area contributed by atoms with E-state index >= 15 is 0 Å². The molecule has 20 heteroatoms. The molecule has 0 aromatic rings. The Hall–Kier alpha value is 0.890. The van der Waals surface area contributed by atoms with Gasteiger partial charge >= 0.3 is 75.6 Å². The van der Waals surface area contributed by atoms with Crippen molar-refractivity contribution in [1.29, 1.82) is 0 Å². The molecule has 11 nitrogen and oxygen atoms in total. The van der Waals surface area contributed by atoms with E-state index in [2.05, 4.69) is 30.4 Å². The summed E-state index contributed by atoms with van der Waals surface area (Å²) in [5.74, 6) is 2.75. The fourth-order valence-corrected chi connectivity index (χ4v) is 7.28. The van der Waals surface area contributed by atoms with Crippen LogP contribution < -0.4 is 59.1 Å². The monoisotopic (exact) mass is 793 g/mol. The minimum Gasteiger partial charge on any atom is -0.743 e. The van der Waals surface area contributed by atoms with Crippen molar-refractivity contribution in [2.24, 2.45) is 35.5 Å². The summed E-state index contributed by atoms with van der Waals surface area (Å²) in [5.41, 5.74) is 0. The number of rotatable bonds is 12. The maximum Gasteiger partial charge on any atom is 1.00 e. The normalized spacial score (nSPS) is 25.1. The van der Waals surface area contributed by atoms with Crippen molar-refractivity contribution in [1.82, 2.24) is 4.90 Å². The van der Waals surface area contributed by atoms with Gasteiger partial charge in [-0.15, -0.1) is 0 Å². The number of carbonyl (C=O) groups is 2. The van der Waals surface area contributed by atoms with E-state index in [1.807, 2.05) is 0 Å². The molecular weight excluding hydrogens is 744 g/mol. The number of hydrogen-bond acceptors (Lipinski definition) is 11. The topological polar surface area (TPSA) is 181 Å². The molecular formula is C29H50ClF4NNa2O10S2. The molecule has 0 saturated heterocycles. The van der Waals surface area contributed by atoms with Crippen molar-refractivity contribution in [3.05, 3.63) is 0 Å². The fraction of sp³-hybridized carbons (Fsp3) is 0.931. The van der Waals surface area contributed by atoms with Crippen molar-refractivity contribution in [3.63, 3.8) is 0 Å². The first-order valence-corrected chi connectivity index (χ1v) is 18.6. The van der Waals surface area contributed by atoms with Gasteiger partial charge in [0.05, 0.1) is 0 Å². The average molecular weight is 794 g/mol. The second kappa shape index (κ2) is 24.3. The first kappa shape index (κ1) is 54.2. The maximum atomic E-state index is 12.8. The van der Waals surface area contributed by atoms with Gasteiger partial charge in [-0.2, -0.15) is 17.6 Å². The standard InChI is InChI=1S/C11H16F2O5S.C9H13ClO.C6H15N.C2H4F2O4S.CH4.2Na/c12-11(13,19(15,16)17)6-18-10(14)5-9-4-7-1-2-8(9)3-7;10-9(11)5-8-4-6-1-2-7(8)3-6;1-4-7(5-2)6-3;3-2(4,1-5)9(6,7)8;;;/h7-9H,1-6H2,(H,15,16,17);6-8H,1-5H2;4-6H2,1-3H3;5H,1H2,(H,6,7,8);1H4;;/q;;;;;2*+1/p-2. The Morgan fingerprint density at radius 2 is 1.16 bits per heavy atom. The van der Waals surface area contributed by atoms with Gasteiger partial charge in [0.2, 0.25) is 5.24 Å². The first-order valence-electron chi connectivity index (χ1n) is 15.4. The molecule has 0 aliphatic heterocycles. The number of alkyl halides is 4. The van der Waals surface area contributed by atoms with Gasteiger partial charge in [0.1, 0.15) is 6.61 Å². The second-order valence-electron chi connectivity index (χ2n) is 12.3. The third kappa shape index (κ3) is 18.7. The smallest absolute Gasteiger partial charge is 0.743 e. The minimum atomic E-state index is -5.79. The summed E-state index contributed by atoms with van der Waals surface area (Å²) in [6.07, 6.45) is 10.2. The van der Waals surface area contributed by atoms with E-state index in [1.165, 1.54) is 45.3 Å². The maximum absolute atomic E-state index is 12.8. The number of aliphatic hydroxyl groups excluding tert-OH is 1.